The normalized spacial score (nSPS) is 17.9. The van der Waals surface area contributed by atoms with Crippen molar-refractivity contribution in [3.63, 3.8) is 0 Å². The first kappa shape index (κ1) is 19.1. The van der Waals surface area contributed by atoms with E-state index in [-0.39, 0.29) is 5.91 Å². The Bertz CT molecular complexity index is 856. The van der Waals surface area contributed by atoms with Gasteiger partial charge in [0.15, 0.2) is 0 Å². The fourth-order valence-corrected chi connectivity index (χ4v) is 4.55. The number of aryl methyl sites for hydroxylation is 3. The molecule has 4 heterocycles. The van der Waals surface area contributed by atoms with Crippen LogP contribution in [0.15, 0.2) is 6.07 Å². The van der Waals surface area contributed by atoms with Crippen molar-refractivity contribution in [2.45, 2.75) is 20.8 Å². The summed E-state index contributed by atoms with van der Waals surface area (Å²) in [7, 11) is 0. The number of thiazole rings is 1. The molecule has 0 unspecified atom stereocenters. The minimum Gasteiger partial charge on any atom is -0.378 e. The van der Waals surface area contributed by atoms with Crippen molar-refractivity contribution in [1.82, 2.24) is 19.9 Å². The summed E-state index contributed by atoms with van der Waals surface area (Å²) < 4.78 is 5.44. The van der Waals surface area contributed by atoms with E-state index in [1.165, 1.54) is 11.3 Å². The number of hydrogen-bond donors (Lipinski definition) is 0. The molecule has 150 valence electrons. The molecule has 0 radical (unpaired) electrons. The van der Waals surface area contributed by atoms with Crippen LogP contribution in [-0.4, -0.2) is 78.2 Å². The number of nitrogens with zero attached hydrogens (tertiary/aromatic N) is 6. The third-order valence-corrected chi connectivity index (χ3v) is 6.20. The van der Waals surface area contributed by atoms with Crippen molar-refractivity contribution in [2.24, 2.45) is 0 Å². The number of hydrogen-bond acceptors (Lipinski definition) is 8. The van der Waals surface area contributed by atoms with Crippen molar-refractivity contribution < 1.29 is 9.53 Å². The molecule has 0 aliphatic carbocycles. The van der Waals surface area contributed by atoms with Gasteiger partial charge in [-0.25, -0.2) is 15.0 Å². The standard InChI is InChI=1S/C19H26N6O2S/c1-13-18(28-15(3)20-13)19(26)25-6-4-23(5-7-25)16-12-17(22-14(2)21-16)24-8-10-27-11-9-24/h12H,4-11H2,1-3H3. The van der Waals surface area contributed by atoms with Crippen LogP contribution in [0.1, 0.15) is 26.2 Å². The van der Waals surface area contributed by atoms with Crippen LogP contribution in [0.4, 0.5) is 11.6 Å². The number of rotatable bonds is 3. The SMILES string of the molecule is Cc1nc(N2CCOCC2)cc(N2CCN(C(=O)c3sc(C)nc3C)CC2)n1. The van der Waals surface area contributed by atoms with Crippen LogP contribution in [0.2, 0.25) is 0 Å². The van der Waals surface area contributed by atoms with E-state index in [0.29, 0.717) is 13.1 Å². The van der Waals surface area contributed by atoms with Gasteiger partial charge in [-0.15, -0.1) is 11.3 Å². The lowest BCUT2D eigenvalue weighted by molar-refractivity contribution is 0.0750. The molecule has 2 aliphatic heterocycles. The number of aromatic nitrogens is 3. The quantitative estimate of drug-likeness (QED) is 0.773. The first-order chi connectivity index (χ1) is 13.5. The highest BCUT2D eigenvalue weighted by atomic mass is 32.1. The molecule has 0 atom stereocenters. The van der Waals surface area contributed by atoms with Crippen LogP contribution in [0.5, 0.6) is 0 Å². The third-order valence-electron chi connectivity index (χ3n) is 5.13. The summed E-state index contributed by atoms with van der Waals surface area (Å²) in [4.78, 5) is 33.6. The zero-order chi connectivity index (χ0) is 19.7. The van der Waals surface area contributed by atoms with E-state index in [4.69, 9.17) is 4.74 Å². The molecule has 2 fully saturated rings. The molecular formula is C19H26N6O2S. The zero-order valence-corrected chi connectivity index (χ0v) is 17.5. The maximum absolute atomic E-state index is 12.8. The largest absolute Gasteiger partial charge is 0.378 e. The average Bonchev–Trinajstić information content (AvgIpc) is 3.06. The maximum atomic E-state index is 12.8. The summed E-state index contributed by atoms with van der Waals surface area (Å²) >= 11 is 1.48. The van der Waals surface area contributed by atoms with Crippen molar-refractivity contribution in [2.75, 3.05) is 62.3 Å². The molecule has 9 heteroatoms. The van der Waals surface area contributed by atoms with Crippen LogP contribution in [0.25, 0.3) is 0 Å². The van der Waals surface area contributed by atoms with Gasteiger partial charge < -0.3 is 19.4 Å². The van der Waals surface area contributed by atoms with Gasteiger partial charge in [-0.2, -0.15) is 0 Å². The first-order valence-electron chi connectivity index (χ1n) is 9.68. The second-order valence-corrected chi connectivity index (χ2v) is 8.36. The summed E-state index contributed by atoms with van der Waals surface area (Å²) in [6, 6.07) is 2.06. The predicted molar refractivity (Wildman–Crippen MR) is 110 cm³/mol. The molecular weight excluding hydrogens is 376 g/mol. The minimum atomic E-state index is 0.0932. The van der Waals surface area contributed by atoms with Gasteiger partial charge in [-0.05, 0) is 20.8 Å². The summed E-state index contributed by atoms with van der Waals surface area (Å²) in [5.74, 6) is 2.76. The van der Waals surface area contributed by atoms with Crippen molar-refractivity contribution in [3.05, 3.63) is 27.5 Å². The fourth-order valence-electron chi connectivity index (χ4n) is 3.67. The Morgan fingerprint density at radius 3 is 2.11 bits per heavy atom. The van der Waals surface area contributed by atoms with E-state index >= 15 is 0 Å². The highest BCUT2D eigenvalue weighted by molar-refractivity contribution is 7.13. The van der Waals surface area contributed by atoms with Crippen LogP contribution in [0.3, 0.4) is 0 Å². The Morgan fingerprint density at radius 2 is 1.54 bits per heavy atom. The average molecular weight is 403 g/mol. The van der Waals surface area contributed by atoms with Gasteiger partial charge in [0, 0.05) is 45.3 Å². The van der Waals surface area contributed by atoms with Crippen molar-refractivity contribution in [1.29, 1.82) is 0 Å². The van der Waals surface area contributed by atoms with Crippen LogP contribution in [-0.2, 0) is 4.74 Å². The van der Waals surface area contributed by atoms with Crippen LogP contribution in [0, 0.1) is 20.8 Å². The molecule has 2 aromatic rings. The first-order valence-corrected chi connectivity index (χ1v) is 10.5. The second kappa shape index (κ2) is 8.00. The van der Waals surface area contributed by atoms with Gasteiger partial charge in [-0.3, -0.25) is 4.79 Å². The molecule has 4 rings (SSSR count). The highest BCUT2D eigenvalue weighted by Crippen LogP contribution is 2.23. The molecule has 1 amide bonds. The van der Waals surface area contributed by atoms with Crippen LogP contribution < -0.4 is 9.80 Å². The summed E-state index contributed by atoms with van der Waals surface area (Å²) in [6.07, 6.45) is 0. The summed E-state index contributed by atoms with van der Waals surface area (Å²) in [5.41, 5.74) is 0.830. The Labute approximate surface area is 169 Å². The Balaban J connectivity index is 1.44. The number of amides is 1. The van der Waals surface area contributed by atoms with Crippen molar-refractivity contribution >= 4 is 28.9 Å². The highest BCUT2D eigenvalue weighted by Gasteiger charge is 2.26. The minimum absolute atomic E-state index is 0.0932. The molecule has 8 nitrogen and oxygen atoms in total. The molecule has 0 spiro atoms. The predicted octanol–water partition coefficient (Wildman–Crippen LogP) is 1.66. The monoisotopic (exact) mass is 402 g/mol. The lowest BCUT2D eigenvalue weighted by Gasteiger charge is -2.36. The van der Waals surface area contributed by atoms with Gasteiger partial charge in [0.1, 0.15) is 22.3 Å². The van der Waals surface area contributed by atoms with Gasteiger partial charge in [-0.1, -0.05) is 0 Å². The lowest BCUT2D eigenvalue weighted by atomic mass is 10.2. The smallest absolute Gasteiger partial charge is 0.265 e. The number of ether oxygens (including phenoxy) is 1. The van der Waals surface area contributed by atoms with E-state index < -0.39 is 0 Å². The molecule has 2 saturated heterocycles. The Hall–Kier alpha value is -2.26. The van der Waals surface area contributed by atoms with E-state index in [0.717, 1.165) is 72.4 Å². The van der Waals surface area contributed by atoms with E-state index in [9.17, 15) is 4.79 Å². The number of carbonyl (C=O) groups excluding carboxylic acids is 1. The van der Waals surface area contributed by atoms with E-state index in [1.54, 1.807) is 0 Å². The number of piperazine rings is 1. The maximum Gasteiger partial charge on any atom is 0.265 e. The summed E-state index contributed by atoms with van der Waals surface area (Å²) in [6.45, 7) is 11.9. The molecule has 0 saturated carbocycles. The number of morpholine rings is 1. The van der Waals surface area contributed by atoms with Gasteiger partial charge in [0.25, 0.3) is 5.91 Å². The van der Waals surface area contributed by atoms with Gasteiger partial charge >= 0.3 is 0 Å². The van der Waals surface area contributed by atoms with Crippen molar-refractivity contribution in [3.8, 4) is 0 Å². The Morgan fingerprint density at radius 1 is 0.929 bits per heavy atom. The number of anilines is 2. The molecule has 2 aromatic heterocycles. The Kier molecular flexibility index (Phi) is 5.45. The van der Waals surface area contributed by atoms with Crippen LogP contribution >= 0.6 is 11.3 Å². The number of carbonyl (C=O) groups is 1. The van der Waals surface area contributed by atoms with Gasteiger partial charge in [0.2, 0.25) is 0 Å². The molecule has 0 aromatic carbocycles. The van der Waals surface area contributed by atoms with E-state index in [2.05, 4.69) is 30.8 Å². The second-order valence-electron chi connectivity index (χ2n) is 7.16. The lowest BCUT2D eigenvalue weighted by Crippen LogP contribution is -2.49. The molecule has 2 aliphatic rings. The molecule has 0 bridgehead atoms. The molecule has 28 heavy (non-hydrogen) atoms. The van der Waals surface area contributed by atoms with E-state index in [1.807, 2.05) is 25.7 Å². The topological polar surface area (TPSA) is 74.7 Å². The zero-order valence-electron chi connectivity index (χ0n) is 16.6. The fraction of sp³-hybridized carbons (Fsp3) is 0.579. The summed E-state index contributed by atoms with van der Waals surface area (Å²) in [5, 5.41) is 0.937. The molecule has 0 N–H and O–H groups in total. The van der Waals surface area contributed by atoms with Gasteiger partial charge in [0.05, 0.1) is 23.9 Å². The third kappa shape index (κ3) is 3.95.